The molecule has 0 aliphatic heterocycles. The Morgan fingerprint density at radius 2 is 0.903 bits per heavy atom. The minimum atomic E-state index is -0.570. The fraction of sp³-hybridized carbons (Fsp3) is 0.0667. The monoisotopic (exact) mass is 793 g/mol. The Morgan fingerprint density at radius 1 is 0.387 bits per heavy atom. The van der Waals surface area contributed by atoms with Crippen LogP contribution in [0.15, 0.2) is 229 Å². The third-order valence-electron chi connectivity index (χ3n) is 13.6. The summed E-state index contributed by atoms with van der Waals surface area (Å²) >= 11 is 0. The summed E-state index contributed by atoms with van der Waals surface area (Å²) in [6.45, 7) is 4.70. The number of rotatable bonds is 7. The van der Waals surface area contributed by atoms with E-state index in [1.807, 2.05) is 0 Å². The van der Waals surface area contributed by atoms with Gasteiger partial charge < -0.3 is 9.32 Å². The van der Waals surface area contributed by atoms with Gasteiger partial charge in [-0.1, -0.05) is 196 Å². The van der Waals surface area contributed by atoms with E-state index in [0.29, 0.717) is 0 Å². The molecule has 0 bridgehead atoms. The summed E-state index contributed by atoms with van der Waals surface area (Å²) in [5, 5.41) is 1.14. The van der Waals surface area contributed by atoms with Crippen LogP contribution in [0.5, 0.6) is 0 Å². The van der Waals surface area contributed by atoms with E-state index in [1.165, 1.54) is 55.6 Å². The van der Waals surface area contributed by atoms with Crippen molar-refractivity contribution >= 4 is 28.0 Å². The van der Waals surface area contributed by atoms with Crippen LogP contribution in [-0.4, -0.2) is 0 Å². The predicted molar refractivity (Wildman–Crippen MR) is 257 cm³/mol. The van der Waals surface area contributed by atoms with Crippen LogP contribution in [0.25, 0.3) is 55.7 Å². The lowest BCUT2D eigenvalue weighted by molar-refractivity contribution is 0.628. The second-order valence-electron chi connectivity index (χ2n) is 17.2. The second-order valence-corrected chi connectivity index (χ2v) is 17.2. The van der Waals surface area contributed by atoms with Crippen LogP contribution >= 0.6 is 0 Å². The highest BCUT2D eigenvalue weighted by atomic mass is 16.3. The first kappa shape index (κ1) is 36.2. The van der Waals surface area contributed by atoms with Gasteiger partial charge in [0.25, 0.3) is 0 Å². The van der Waals surface area contributed by atoms with E-state index in [9.17, 15) is 0 Å². The Balaban J connectivity index is 1.03. The van der Waals surface area contributed by atoms with Gasteiger partial charge in [0.15, 0.2) is 0 Å². The molecule has 0 atom stereocenters. The summed E-state index contributed by atoms with van der Waals surface area (Å²) in [7, 11) is 0. The molecular formula is C60H43NO. The van der Waals surface area contributed by atoms with Gasteiger partial charge in [-0.2, -0.15) is 0 Å². The lowest BCUT2D eigenvalue weighted by Gasteiger charge is -2.33. The van der Waals surface area contributed by atoms with Gasteiger partial charge in [0.1, 0.15) is 11.3 Å². The van der Waals surface area contributed by atoms with E-state index >= 15 is 0 Å². The number of hydrogen-bond acceptors (Lipinski definition) is 2. The summed E-state index contributed by atoms with van der Waals surface area (Å²) < 4.78 is 6.99. The number of nitrogens with zero attached hydrogens (tertiary/aromatic N) is 1. The van der Waals surface area contributed by atoms with Crippen LogP contribution in [0.4, 0.5) is 17.1 Å². The van der Waals surface area contributed by atoms with E-state index < -0.39 is 5.41 Å². The molecule has 0 N–H and O–H groups in total. The van der Waals surface area contributed by atoms with Crippen molar-refractivity contribution in [2.24, 2.45) is 0 Å². The molecule has 1 aromatic heterocycles. The zero-order valence-corrected chi connectivity index (χ0v) is 34.7. The summed E-state index contributed by atoms with van der Waals surface area (Å²) in [4.78, 5) is 2.40. The van der Waals surface area contributed by atoms with Crippen molar-refractivity contribution in [3.05, 3.63) is 258 Å². The van der Waals surface area contributed by atoms with Crippen LogP contribution in [-0.2, 0) is 10.8 Å². The topological polar surface area (TPSA) is 16.4 Å². The minimum Gasteiger partial charge on any atom is -0.456 e. The molecule has 9 aromatic carbocycles. The maximum Gasteiger partial charge on any atom is 0.141 e. The van der Waals surface area contributed by atoms with Gasteiger partial charge in [-0.25, -0.2) is 0 Å². The molecule has 294 valence electrons. The van der Waals surface area contributed by atoms with Gasteiger partial charge in [-0.15, -0.1) is 0 Å². The number of hydrogen-bond donors (Lipinski definition) is 0. The van der Waals surface area contributed by atoms with Gasteiger partial charge in [0.2, 0.25) is 0 Å². The maximum atomic E-state index is 6.99. The molecule has 10 aromatic rings. The zero-order valence-electron chi connectivity index (χ0n) is 34.7. The van der Waals surface area contributed by atoms with Crippen molar-refractivity contribution in [2.45, 2.75) is 24.7 Å². The standard InChI is InChI=1S/C60H43NO/c1-59(2)52-26-14-12-23-49(52)50-38-37-47(39-54(50)59)61(45-33-29-41(30-34-45)40-17-6-3-7-18-40)46-35-31-42(32-36-46)48-25-16-27-53-56(48)58-57(51-24-13-15-28-55(51)62-58)60(53,43-19-8-4-9-20-43)44-21-10-5-11-22-44/h3-39H,1-2H3. The van der Waals surface area contributed by atoms with E-state index in [2.05, 4.69) is 243 Å². The van der Waals surface area contributed by atoms with Gasteiger partial charge in [-0.3, -0.25) is 0 Å². The summed E-state index contributed by atoms with van der Waals surface area (Å²) in [6.07, 6.45) is 0. The molecule has 2 heteroatoms. The second kappa shape index (κ2) is 13.9. The van der Waals surface area contributed by atoms with E-state index in [4.69, 9.17) is 4.42 Å². The van der Waals surface area contributed by atoms with Crippen molar-refractivity contribution < 1.29 is 4.42 Å². The molecule has 2 aliphatic carbocycles. The molecule has 0 saturated carbocycles. The van der Waals surface area contributed by atoms with Crippen LogP contribution in [0.3, 0.4) is 0 Å². The number of anilines is 3. The van der Waals surface area contributed by atoms with E-state index in [-0.39, 0.29) is 5.41 Å². The molecule has 0 spiro atoms. The SMILES string of the molecule is CC1(C)c2ccccc2-c2ccc(N(c3ccc(-c4ccccc4)cc3)c3ccc(-c4cccc5c4-c4oc6ccccc6c4C5(c4ccccc4)c4ccccc4)cc3)cc21. The van der Waals surface area contributed by atoms with Crippen molar-refractivity contribution in [3.8, 4) is 44.7 Å². The van der Waals surface area contributed by atoms with Crippen molar-refractivity contribution in [3.63, 3.8) is 0 Å². The Bertz CT molecular complexity index is 3250. The Labute approximate surface area is 363 Å². The van der Waals surface area contributed by atoms with Gasteiger partial charge in [0.05, 0.1) is 5.41 Å². The summed E-state index contributed by atoms with van der Waals surface area (Å²) in [6, 6.07) is 81.9. The van der Waals surface area contributed by atoms with E-state index in [1.54, 1.807) is 0 Å². The average molecular weight is 794 g/mol. The Kier molecular flexibility index (Phi) is 8.14. The first-order chi connectivity index (χ1) is 30.5. The fourth-order valence-electron chi connectivity index (χ4n) is 10.7. The molecule has 62 heavy (non-hydrogen) atoms. The number of furan rings is 1. The molecule has 12 rings (SSSR count). The highest BCUT2D eigenvalue weighted by Gasteiger charge is 2.50. The van der Waals surface area contributed by atoms with Crippen molar-refractivity contribution in [2.75, 3.05) is 4.90 Å². The van der Waals surface area contributed by atoms with Gasteiger partial charge in [0, 0.05) is 39.0 Å². The quantitative estimate of drug-likeness (QED) is 0.160. The molecule has 2 aliphatic rings. The smallest absolute Gasteiger partial charge is 0.141 e. The summed E-state index contributed by atoms with van der Waals surface area (Å²) in [5.41, 5.74) is 19.6. The fourth-order valence-corrected chi connectivity index (χ4v) is 10.7. The maximum absolute atomic E-state index is 6.99. The molecule has 0 unspecified atom stereocenters. The zero-order chi connectivity index (χ0) is 41.4. The summed E-state index contributed by atoms with van der Waals surface area (Å²) in [5.74, 6) is 0.940. The molecule has 2 nitrogen and oxygen atoms in total. The largest absolute Gasteiger partial charge is 0.456 e. The average Bonchev–Trinajstić information content (AvgIpc) is 3.94. The van der Waals surface area contributed by atoms with Crippen LogP contribution < -0.4 is 4.90 Å². The lowest BCUT2D eigenvalue weighted by Crippen LogP contribution is -2.28. The Morgan fingerprint density at radius 3 is 1.60 bits per heavy atom. The first-order valence-electron chi connectivity index (χ1n) is 21.6. The molecule has 1 heterocycles. The minimum absolute atomic E-state index is 0.119. The first-order valence-corrected chi connectivity index (χ1v) is 21.6. The van der Waals surface area contributed by atoms with Crippen LogP contribution in [0.2, 0.25) is 0 Å². The normalized spacial score (nSPS) is 13.9. The van der Waals surface area contributed by atoms with Gasteiger partial charge in [-0.05, 0) is 104 Å². The van der Waals surface area contributed by atoms with Crippen molar-refractivity contribution in [1.29, 1.82) is 0 Å². The van der Waals surface area contributed by atoms with Crippen LogP contribution in [0.1, 0.15) is 47.2 Å². The van der Waals surface area contributed by atoms with Gasteiger partial charge >= 0.3 is 0 Å². The van der Waals surface area contributed by atoms with Crippen LogP contribution in [0, 0.1) is 0 Å². The van der Waals surface area contributed by atoms with E-state index in [0.717, 1.165) is 50.5 Å². The highest BCUT2D eigenvalue weighted by molar-refractivity contribution is 6.02. The highest BCUT2D eigenvalue weighted by Crippen LogP contribution is 2.61. The molecule has 0 saturated heterocycles. The lowest BCUT2D eigenvalue weighted by atomic mass is 9.67. The molecule has 0 radical (unpaired) electrons. The number of para-hydroxylation sites is 1. The third-order valence-corrected chi connectivity index (χ3v) is 13.6. The molecule has 0 amide bonds. The van der Waals surface area contributed by atoms with Crippen molar-refractivity contribution in [1.82, 2.24) is 0 Å². The number of fused-ring (bicyclic) bond motifs is 8. The third kappa shape index (κ3) is 5.29. The Hall–Kier alpha value is -7.68. The predicted octanol–water partition coefficient (Wildman–Crippen LogP) is 15.9. The number of benzene rings is 9. The molecular weight excluding hydrogens is 751 g/mol. The molecule has 0 fully saturated rings.